The van der Waals surface area contributed by atoms with Crippen LogP contribution in [-0.2, 0) is 23.8 Å². The summed E-state index contributed by atoms with van der Waals surface area (Å²) >= 11 is 0. The molecule has 1 atom stereocenters. The van der Waals surface area contributed by atoms with Gasteiger partial charge in [-0.15, -0.1) is 5.10 Å². The van der Waals surface area contributed by atoms with Crippen molar-refractivity contribution in [2.75, 3.05) is 26.3 Å². The van der Waals surface area contributed by atoms with E-state index in [1.165, 1.54) is 0 Å². The first-order valence-corrected chi connectivity index (χ1v) is 9.50. The summed E-state index contributed by atoms with van der Waals surface area (Å²) in [6.07, 6.45) is 4.66. The van der Waals surface area contributed by atoms with Crippen LogP contribution in [0.1, 0.15) is 19.4 Å². The molecule has 0 radical (unpaired) electrons. The number of carbonyl (C=O) groups excluding carboxylic acids is 2. The fourth-order valence-electron chi connectivity index (χ4n) is 3.19. The monoisotopic (exact) mass is 398 g/mol. The normalized spacial score (nSPS) is 22.7. The smallest absolute Gasteiger partial charge is 0.326 e. The van der Waals surface area contributed by atoms with Gasteiger partial charge in [-0.25, -0.2) is 4.98 Å². The highest BCUT2D eigenvalue weighted by Gasteiger charge is 2.45. The second-order valence-electron chi connectivity index (χ2n) is 7.04. The summed E-state index contributed by atoms with van der Waals surface area (Å²) in [7, 11) is 0. The molecule has 2 saturated heterocycles. The van der Waals surface area contributed by atoms with Crippen molar-refractivity contribution in [1.82, 2.24) is 15.0 Å². The fourth-order valence-corrected chi connectivity index (χ4v) is 3.19. The van der Waals surface area contributed by atoms with Crippen LogP contribution in [-0.4, -0.2) is 65.0 Å². The van der Waals surface area contributed by atoms with E-state index in [1.807, 2.05) is 12.1 Å². The summed E-state index contributed by atoms with van der Waals surface area (Å²) in [6.45, 7) is 5.62. The zero-order chi connectivity index (χ0) is 20.4. The van der Waals surface area contributed by atoms with Crippen LogP contribution in [0.25, 0.3) is 17.1 Å². The van der Waals surface area contributed by atoms with E-state index in [0.717, 1.165) is 10.9 Å². The van der Waals surface area contributed by atoms with E-state index in [1.54, 1.807) is 37.3 Å². The Labute approximate surface area is 167 Å². The van der Waals surface area contributed by atoms with Gasteiger partial charge in [0.1, 0.15) is 5.65 Å². The molecule has 152 valence electrons. The quantitative estimate of drug-likeness (QED) is 0.475. The maximum atomic E-state index is 13.0. The molecule has 2 aliphatic heterocycles. The number of morpholine rings is 1. The molecule has 4 heterocycles. The first kappa shape index (κ1) is 19.1. The summed E-state index contributed by atoms with van der Waals surface area (Å²) in [6, 6.07) is 3.70. The zero-order valence-corrected chi connectivity index (χ0v) is 16.3. The highest BCUT2D eigenvalue weighted by Crippen LogP contribution is 2.28. The van der Waals surface area contributed by atoms with Crippen LogP contribution in [0.3, 0.4) is 0 Å². The lowest BCUT2D eigenvalue weighted by Gasteiger charge is -2.24. The number of hydrogen-bond donors (Lipinski definition) is 1. The maximum absolute atomic E-state index is 13.0. The third kappa shape index (κ3) is 4.00. The number of ketones is 1. The lowest BCUT2D eigenvalue weighted by Crippen LogP contribution is -2.36. The minimum absolute atomic E-state index is 0.0340. The Hall–Kier alpha value is -3.20. The van der Waals surface area contributed by atoms with Crippen molar-refractivity contribution in [3.05, 3.63) is 35.8 Å². The van der Waals surface area contributed by atoms with E-state index >= 15 is 0 Å². The maximum Gasteiger partial charge on any atom is 0.326 e. The number of hydrogen-bond acceptors (Lipinski definition) is 8. The number of nitrogens with zero attached hydrogens (tertiary/aromatic N) is 3. The summed E-state index contributed by atoms with van der Waals surface area (Å²) < 4.78 is 16.3. The highest BCUT2D eigenvalue weighted by molar-refractivity contribution is 6.27. The van der Waals surface area contributed by atoms with Crippen molar-refractivity contribution in [3.63, 3.8) is 0 Å². The van der Waals surface area contributed by atoms with Gasteiger partial charge in [-0.2, -0.15) is 0 Å². The number of H-pyrrole nitrogens is 1. The van der Waals surface area contributed by atoms with Crippen LogP contribution in [0.15, 0.2) is 35.4 Å². The van der Waals surface area contributed by atoms with E-state index in [9.17, 15) is 9.59 Å². The minimum atomic E-state index is -1.21. The summed E-state index contributed by atoms with van der Waals surface area (Å²) in [4.78, 5) is 32.9. The van der Waals surface area contributed by atoms with Gasteiger partial charge in [0.25, 0.3) is 0 Å². The average molecular weight is 398 g/mol. The van der Waals surface area contributed by atoms with Crippen molar-refractivity contribution < 1.29 is 23.8 Å². The van der Waals surface area contributed by atoms with Crippen LogP contribution in [0.2, 0.25) is 0 Å². The molecule has 2 aromatic rings. The van der Waals surface area contributed by atoms with Gasteiger partial charge in [-0.05, 0) is 32.1 Å². The van der Waals surface area contributed by atoms with E-state index in [4.69, 9.17) is 14.2 Å². The number of allylic oxidation sites excluding steroid dienone is 1. The summed E-state index contributed by atoms with van der Waals surface area (Å²) in [5.41, 5.74) is 1.43. The number of ether oxygens (including phenoxy) is 3. The van der Waals surface area contributed by atoms with Crippen molar-refractivity contribution >= 4 is 34.8 Å². The van der Waals surface area contributed by atoms with Crippen LogP contribution in [0.4, 0.5) is 0 Å². The molecule has 1 N–H and O–H groups in total. The lowest BCUT2D eigenvalue weighted by molar-refractivity contribution is -0.151. The van der Waals surface area contributed by atoms with Crippen molar-refractivity contribution in [2.45, 2.75) is 20.0 Å². The second-order valence-corrected chi connectivity index (χ2v) is 7.04. The van der Waals surface area contributed by atoms with Crippen LogP contribution >= 0.6 is 0 Å². The molecule has 0 bridgehead atoms. The molecule has 29 heavy (non-hydrogen) atoms. The first-order valence-electron chi connectivity index (χ1n) is 9.50. The third-order valence-corrected chi connectivity index (χ3v) is 4.55. The number of rotatable bonds is 4. The predicted octanol–water partition coefficient (Wildman–Crippen LogP) is 1.72. The SMILES string of the molecule is CC(C)OC(=O)C1C(=O)/C(=C/c2c[nH]c3ncccc23)O/C1=N/N1CCOCC1. The van der Waals surface area contributed by atoms with Gasteiger partial charge >= 0.3 is 5.97 Å². The molecule has 0 spiro atoms. The summed E-state index contributed by atoms with van der Waals surface area (Å²) in [5.74, 6) is -2.27. The number of nitrogens with one attached hydrogen (secondary N) is 1. The van der Waals surface area contributed by atoms with Gasteiger partial charge < -0.3 is 19.2 Å². The number of fused-ring (bicyclic) bond motifs is 1. The highest BCUT2D eigenvalue weighted by atomic mass is 16.6. The Morgan fingerprint density at radius 2 is 2.21 bits per heavy atom. The predicted molar refractivity (Wildman–Crippen MR) is 105 cm³/mol. The average Bonchev–Trinajstić information content (AvgIpc) is 3.24. The number of carbonyl (C=O) groups is 2. The fraction of sp³-hybridized carbons (Fsp3) is 0.400. The van der Waals surface area contributed by atoms with Gasteiger partial charge in [0.2, 0.25) is 17.6 Å². The minimum Gasteiger partial charge on any atom is -0.462 e. The van der Waals surface area contributed by atoms with Gasteiger partial charge in [-0.3, -0.25) is 14.6 Å². The molecule has 0 amide bonds. The Morgan fingerprint density at radius 1 is 1.41 bits per heavy atom. The topological polar surface area (TPSA) is 106 Å². The molecule has 4 rings (SSSR count). The van der Waals surface area contributed by atoms with Gasteiger partial charge in [0.15, 0.2) is 5.76 Å². The second kappa shape index (κ2) is 8.04. The molecule has 9 heteroatoms. The Morgan fingerprint density at radius 3 is 2.97 bits per heavy atom. The first-order chi connectivity index (χ1) is 14.0. The molecule has 2 aromatic heterocycles. The molecule has 0 aliphatic carbocycles. The molecular formula is C20H22N4O5. The molecule has 0 aromatic carbocycles. The standard InChI is InChI=1S/C20H22N4O5/c1-12(2)28-20(26)16-17(25)15(29-19(16)23-24-6-8-27-9-7-24)10-13-11-22-18-14(13)4-3-5-21-18/h3-5,10-12,16H,6-9H2,1-2H3,(H,21,22)/b15-10-,23-19+. The van der Waals surface area contributed by atoms with Crippen LogP contribution < -0.4 is 0 Å². The molecular weight excluding hydrogens is 376 g/mol. The van der Waals surface area contributed by atoms with Gasteiger partial charge in [-0.1, -0.05) is 0 Å². The number of Topliss-reactive ketones (excluding diaryl/α,β-unsaturated/α-hetero) is 1. The number of hydrazone groups is 1. The molecule has 1 unspecified atom stereocenters. The Kier molecular flexibility index (Phi) is 5.30. The largest absolute Gasteiger partial charge is 0.462 e. The van der Waals surface area contributed by atoms with E-state index in [0.29, 0.717) is 32.0 Å². The molecule has 2 aliphatic rings. The van der Waals surface area contributed by atoms with Crippen molar-refractivity contribution in [3.8, 4) is 0 Å². The zero-order valence-electron chi connectivity index (χ0n) is 16.3. The number of aromatic nitrogens is 2. The van der Waals surface area contributed by atoms with Gasteiger partial charge in [0.05, 0.1) is 32.4 Å². The Bertz CT molecular complexity index is 988. The van der Waals surface area contributed by atoms with Gasteiger partial charge in [0, 0.05) is 23.3 Å². The Balaban J connectivity index is 1.68. The van der Waals surface area contributed by atoms with Crippen LogP contribution in [0, 0.1) is 5.92 Å². The number of aromatic amines is 1. The lowest BCUT2D eigenvalue weighted by atomic mass is 10.0. The third-order valence-electron chi connectivity index (χ3n) is 4.55. The molecule has 2 fully saturated rings. The van der Waals surface area contributed by atoms with E-state index < -0.39 is 17.7 Å². The van der Waals surface area contributed by atoms with Crippen molar-refractivity contribution in [2.24, 2.45) is 11.0 Å². The number of pyridine rings is 1. The van der Waals surface area contributed by atoms with Crippen molar-refractivity contribution in [1.29, 1.82) is 0 Å². The van der Waals surface area contributed by atoms with E-state index in [-0.39, 0.29) is 17.8 Å². The summed E-state index contributed by atoms with van der Waals surface area (Å²) in [5, 5.41) is 6.98. The number of esters is 1. The molecule has 9 nitrogen and oxygen atoms in total. The van der Waals surface area contributed by atoms with Crippen LogP contribution in [0.5, 0.6) is 0 Å². The van der Waals surface area contributed by atoms with E-state index in [2.05, 4.69) is 15.1 Å². The molecule has 0 saturated carbocycles.